The number of hydrogen-bond donors (Lipinski definition) is 3. The molecule has 2 amide bonds. The van der Waals surface area contributed by atoms with Crippen LogP contribution in [0.3, 0.4) is 0 Å². The van der Waals surface area contributed by atoms with Gasteiger partial charge in [0.1, 0.15) is 6.04 Å². The Labute approximate surface area is 120 Å². The van der Waals surface area contributed by atoms with E-state index in [1.165, 1.54) is 0 Å². The summed E-state index contributed by atoms with van der Waals surface area (Å²) in [6.07, 6.45) is 0.675. The third-order valence-electron chi connectivity index (χ3n) is 2.85. The lowest BCUT2D eigenvalue weighted by molar-refractivity contribution is -0.140. The highest BCUT2D eigenvalue weighted by molar-refractivity contribution is 9.10. The first-order valence-corrected chi connectivity index (χ1v) is 6.79. The van der Waals surface area contributed by atoms with Gasteiger partial charge in [-0.2, -0.15) is 0 Å². The van der Waals surface area contributed by atoms with E-state index < -0.39 is 18.0 Å². The van der Waals surface area contributed by atoms with Crippen molar-refractivity contribution in [3.63, 3.8) is 0 Å². The number of urea groups is 1. The third kappa shape index (κ3) is 4.90. The van der Waals surface area contributed by atoms with Crippen LogP contribution in [0.4, 0.5) is 10.5 Å². The number of carbonyl (C=O) groups is 2. The van der Waals surface area contributed by atoms with Crippen LogP contribution in [0.2, 0.25) is 0 Å². The predicted molar refractivity (Wildman–Crippen MR) is 77.2 cm³/mol. The molecule has 0 heterocycles. The molecule has 0 aromatic heterocycles. The molecule has 3 N–H and O–H groups in total. The van der Waals surface area contributed by atoms with Crippen molar-refractivity contribution in [3.8, 4) is 0 Å². The van der Waals surface area contributed by atoms with Gasteiger partial charge in [0.15, 0.2) is 0 Å². The number of nitrogens with one attached hydrogen (secondary N) is 2. The Morgan fingerprint density at radius 2 is 2.11 bits per heavy atom. The van der Waals surface area contributed by atoms with E-state index in [4.69, 9.17) is 5.11 Å². The van der Waals surface area contributed by atoms with Gasteiger partial charge in [-0.1, -0.05) is 42.3 Å². The summed E-state index contributed by atoms with van der Waals surface area (Å²) in [6.45, 7) is 3.67. The Morgan fingerprint density at radius 1 is 1.42 bits per heavy atom. The molecule has 19 heavy (non-hydrogen) atoms. The van der Waals surface area contributed by atoms with Gasteiger partial charge in [-0.25, -0.2) is 9.59 Å². The van der Waals surface area contributed by atoms with E-state index in [0.29, 0.717) is 12.1 Å². The summed E-state index contributed by atoms with van der Waals surface area (Å²) in [7, 11) is 0. The molecule has 0 aliphatic rings. The maximum Gasteiger partial charge on any atom is 0.326 e. The van der Waals surface area contributed by atoms with Crippen LogP contribution in [-0.2, 0) is 4.79 Å². The number of rotatable bonds is 5. The van der Waals surface area contributed by atoms with Crippen molar-refractivity contribution in [2.75, 3.05) is 5.32 Å². The minimum absolute atomic E-state index is 0.134. The van der Waals surface area contributed by atoms with Gasteiger partial charge >= 0.3 is 12.0 Å². The second kappa shape index (κ2) is 7.13. The lowest BCUT2D eigenvalue weighted by Gasteiger charge is -2.20. The molecule has 0 saturated carbocycles. The second-order valence-corrected chi connectivity index (χ2v) is 5.23. The normalized spacial score (nSPS) is 13.4. The van der Waals surface area contributed by atoms with E-state index in [1.807, 2.05) is 13.0 Å². The minimum Gasteiger partial charge on any atom is -0.480 e. The number of anilines is 1. The van der Waals surface area contributed by atoms with Crippen molar-refractivity contribution in [3.05, 3.63) is 28.7 Å². The average molecular weight is 329 g/mol. The molecular formula is C13H17BrN2O3. The number of carboxylic acids is 1. The molecule has 0 bridgehead atoms. The first-order chi connectivity index (χ1) is 8.93. The van der Waals surface area contributed by atoms with Gasteiger partial charge in [-0.05, 0) is 24.1 Å². The average Bonchev–Trinajstić information content (AvgIpc) is 2.34. The number of hydrogen-bond acceptors (Lipinski definition) is 2. The van der Waals surface area contributed by atoms with Gasteiger partial charge in [0.2, 0.25) is 0 Å². The lowest BCUT2D eigenvalue weighted by Crippen LogP contribution is -2.46. The largest absolute Gasteiger partial charge is 0.480 e. The standard InChI is InChI=1S/C13H17BrN2O3/c1-3-8(2)11(12(17)18)16-13(19)15-10-6-4-5-9(14)7-10/h4-8,11H,3H2,1-2H3,(H,17,18)(H2,15,16,19)/t8-,11-/m0/s1. The third-order valence-corrected chi connectivity index (χ3v) is 3.34. The number of aliphatic carboxylic acids is 1. The molecule has 5 nitrogen and oxygen atoms in total. The lowest BCUT2D eigenvalue weighted by atomic mass is 9.99. The molecule has 0 aliphatic heterocycles. The highest BCUT2D eigenvalue weighted by atomic mass is 79.9. The number of benzene rings is 1. The zero-order valence-corrected chi connectivity index (χ0v) is 12.4. The minimum atomic E-state index is -1.03. The molecule has 0 spiro atoms. The Balaban J connectivity index is 2.65. The topological polar surface area (TPSA) is 78.4 Å². The Hall–Kier alpha value is -1.56. The van der Waals surface area contributed by atoms with Crippen LogP contribution in [0.15, 0.2) is 28.7 Å². The fourth-order valence-corrected chi connectivity index (χ4v) is 1.96. The first kappa shape index (κ1) is 15.5. The Morgan fingerprint density at radius 3 is 2.63 bits per heavy atom. The zero-order chi connectivity index (χ0) is 14.4. The van der Waals surface area contributed by atoms with Gasteiger partial charge < -0.3 is 15.7 Å². The van der Waals surface area contributed by atoms with E-state index in [-0.39, 0.29) is 5.92 Å². The van der Waals surface area contributed by atoms with E-state index in [0.717, 1.165) is 4.47 Å². The number of carboxylic acid groups (broad SMARTS) is 1. The molecule has 6 heteroatoms. The molecule has 1 rings (SSSR count). The van der Waals surface area contributed by atoms with E-state index in [1.54, 1.807) is 25.1 Å². The van der Waals surface area contributed by atoms with Gasteiger partial charge in [-0.15, -0.1) is 0 Å². The molecule has 0 unspecified atom stereocenters. The summed E-state index contributed by atoms with van der Waals surface area (Å²) in [5, 5.41) is 14.2. The summed E-state index contributed by atoms with van der Waals surface area (Å²) in [5.74, 6) is -1.16. The second-order valence-electron chi connectivity index (χ2n) is 4.31. The Kier molecular flexibility index (Phi) is 5.82. The van der Waals surface area contributed by atoms with E-state index in [9.17, 15) is 9.59 Å². The van der Waals surface area contributed by atoms with Crippen LogP contribution >= 0.6 is 15.9 Å². The van der Waals surface area contributed by atoms with Crippen LogP contribution in [-0.4, -0.2) is 23.1 Å². The highest BCUT2D eigenvalue weighted by Crippen LogP contribution is 2.15. The van der Waals surface area contributed by atoms with Gasteiger partial charge in [0.25, 0.3) is 0 Å². The molecule has 2 atom stereocenters. The van der Waals surface area contributed by atoms with Crippen molar-refractivity contribution in [2.45, 2.75) is 26.3 Å². The van der Waals surface area contributed by atoms with Crippen molar-refractivity contribution < 1.29 is 14.7 Å². The molecule has 0 fully saturated rings. The van der Waals surface area contributed by atoms with Crippen molar-refractivity contribution in [2.24, 2.45) is 5.92 Å². The molecule has 1 aromatic rings. The molecule has 0 radical (unpaired) electrons. The van der Waals surface area contributed by atoms with E-state index >= 15 is 0 Å². The van der Waals surface area contributed by atoms with Crippen LogP contribution < -0.4 is 10.6 Å². The van der Waals surface area contributed by atoms with Crippen molar-refractivity contribution >= 4 is 33.6 Å². The quantitative estimate of drug-likeness (QED) is 0.777. The molecule has 104 valence electrons. The van der Waals surface area contributed by atoms with Crippen LogP contribution in [0.25, 0.3) is 0 Å². The number of carbonyl (C=O) groups excluding carboxylic acids is 1. The monoisotopic (exact) mass is 328 g/mol. The molecular weight excluding hydrogens is 312 g/mol. The van der Waals surface area contributed by atoms with Crippen molar-refractivity contribution in [1.29, 1.82) is 0 Å². The first-order valence-electron chi connectivity index (χ1n) is 6.00. The maximum absolute atomic E-state index is 11.8. The van der Waals surface area contributed by atoms with Gasteiger partial charge in [0, 0.05) is 10.2 Å². The molecule has 0 aliphatic carbocycles. The fraction of sp³-hybridized carbons (Fsp3) is 0.385. The van der Waals surface area contributed by atoms with Crippen molar-refractivity contribution in [1.82, 2.24) is 5.32 Å². The van der Waals surface area contributed by atoms with Crippen LogP contribution in [0.5, 0.6) is 0 Å². The predicted octanol–water partition coefficient (Wildman–Crippen LogP) is 3.07. The molecule has 1 aromatic carbocycles. The highest BCUT2D eigenvalue weighted by Gasteiger charge is 2.25. The van der Waals surface area contributed by atoms with Crippen LogP contribution in [0, 0.1) is 5.92 Å². The smallest absolute Gasteiger partial charge is 0.326 e. The van der Waals surface area contributed by atoms with E-state index in [2.05, 4.69) is 26.6 Å². The summed E-state index contributed by atoms with van der Waals surface area (Å²) < 4.78 is 0.835. The maximum atomic E-state index is 11.8. The summed E-state index contributed by atoms with van der Waals surface area (Å²) >= 11 is 3.29. The summed E-state index contributed by atoms with van der Waals surface area (Å²) in [4.78, 5) is 22.9. The number of amides is 2. The summed E-state index contributed by atoms with van der Waals surface area (Å²) in [6, 6.07) is 5.66. The Bertz CT molecular complexity index is 465. The van der Waals surface area contributed by atoms with Crippen LogP contribution in [0.1, 0.15) is 20.3 Å². The van der Waals surface area contributed by atoms with Gasteiger partial charge in [0.05, 0.1) is 0 Å². The van der Waals surface area contributed by atoms with Gasteiger partial charge in [-0.3, -0.25) is 0 Å². The molecule has 0 saturated heterocycles. The zero-order valence-electron chi connectivity index (χ0n) is 10.8. The SMILES string of the molecule is CC[C@H](C)[C@H](NC(=O)Nc1cccc(Br)c1)C(=O)O. The summed E-state index contributed by atoms with van der Waals surface area (Å²) in [5.41, 5.74) is 0.597. The number of halogens is 1. The fourth-order valence-electron chi connectivity index (χ4n) is 1.56.